The minimum Gasteiger partial charge on any atom is -0.409 e. The minimum absolute atomic E-state index is 0.0930. The number of rotatable bonds is 4. The van der Waals surface area contributed by atoms with Crippen molar-refractivity contribution in [3.63, 3.8) is 0 Å². The molecule has 1 saturated heterocycles. The van der Waals surface area contributed by atoms with Crippen LogP contribution in [0.4, 0.5) is 0 Å². The van der Waals surface area contributed by atoms with E-state index in [2.05, 4.69) is 15.1 Å². The molecular weight excluding hydrogens is 284 g/mol. The number of sulfonamides is 1. The Morgan fingerprint density at radius 2 is 2.15 bits per heavy atom. The van der Waals surface area contributed by atoms with E-state index >= 15 is 0 Å². The number of nitrogens with two attached hydrogens (primary N) is 1. The van der Waals surface area contributed by atoms with Gasteiger partial charge < -0.3 is 15.9 Å². The number of amidine groups is 1. The van der Waals surface area contributed by atoms with Crippen LogP contribution in [-0.2, 0) is 10.0 Å². The van der Waals surface area contributed by atoms with Crippen LogP contribution in [0.25, 0.3) is 0 Å². The summed E-state index contributed by atoms with van der Waals surface area (Å²) in [6.45, 7) is 3.55. The Bertz CT molecular complexity index is 562. The van der Waals surface area contributed by atoms with Crippen molar-refractivity contribution in [3.05, 3.63) is 12.5 Å². The number of nitrogens with one attached hydrogen (secondary N) is 1. The number of aromatic amines is 1. The Balaban J connectivity index is 2.02. The molecule has 20 heavy (non-hydrogen) atoms. The van der Waals surface area contributed by atoms with E-state index in [1.54, 1.807) is 0 Å². The van der Waals surface area contributed by atoms with E-state index in [-0.39, 0.29) is 16.9 Å². The third-order valence-electron chi connectivity index (χ3n) is 3.46. The predicted molar refractivity (Wildman–Crippen MR) is 71.8 cm³/mol. The summed E-state index contributed by atoms with van der Waals surface area (Å²) in [6.07, 6.45) is 2.63. The highest BCUT2D eigenvalue weighted by Crippen LogP contribution is 2.15. The lowest BCUT2D eigenvalue weighted by atomic mass is 10.2. The SMILES string of the molecule is CC(C(N)=NO)N1CCN(S(=O)(=O)c2cnc[nH]2)CC1. The Morgan fingerprint density at radius 1 is 1.50 bits per heavy atom. The van der Waals surface area contributed by atoms with Crippen LogP contribution in [0.5, 0.6) is 0 Å². The van der Waals surface area contributed by atoms with Crippen LogP contribution in [-0.4, -0.2) is 70.9 Å². The topological polar surface area (TPSA) is 128 Å². The van der Waals surface area contributed by atoms with E-state index in [9.17, 15) is 8.42 Å². The van der Waals surface area contributed by atoms with Gasteiger partial charge in [-0.1, -0.05) is 5.16 Å². The zero-order valence-electron chi connectivity index (χ0n) is 11.1. The number of hydrogen-bond donors (Lipinski definition) is 3. The molecule has 112 valence electrons. The fourth-order valence-electron chi connectivity index (χ4n) is 2.13. The molecule has 0 spiro atoms. The first-order valence-electron chi connectivity index (χ1n) is 6.17. The van der Waals surface area contributed by atoms with Gasteiger partial charge in [-0.2, -0.15) is 4.31 Å². The molecule has 0 radical (unpaired) electrons. The second-order valence-electron chi connectivity index (χ2n) is 4.56. The van der Waals surface area contributed by atoms with E-state index in [0.29, 0.717) is 26.2 Å². The number of imidazole rings is 1. The highest BCUT2D eigenvalue weighted by molar-refractivity contribution is 7.89. The van der Waals surface area contributed by atoms with Crippen LogP contribution in [0.15, 0.2) is 22.7 Å². The van der Waals surface area contributed by atoms with Crippen molar-refractivity contribution in [3.8, 4) is 0 Å². The normalized spacial score (nSPS) is 20.9. The first-order valence-corrected chi connectivity index (χ1v) is 7.61. The van der Waals surface area contributed by atoms with Crippen molar-refractivity contribution in [2.75, 3.05) is 26.2 Å². The molecule has 0 saturated carbocycles. The first-order chi connectivity index (χ1) is 9.46. The first kappa shape index (κ1) is 14.8. The van der Waals surface area contributed by atoms with Crippen LogP contribution >= 0.6 is 0 Å². The summed E-state index contributed by atoms with van der Waals surface area (Å²) in [7, 11) is -3.52. The zero-order chi connectivity index (χ0) is 14.8. The van der Waals surface area contributed by atoms with Crippen molar-refractivity contribution in [2.45, 2.75) is 18.0 Å². The largest absolute Gasteiger partial charge is 0.409 e. The molecule has 1 atom stereocenters. The third-order valence-corrected chi connectivity index (χ3v) is 5.28. The Labute approximate surface area is 117 Å². The standard InChI is InChI=1S/C10H18N6O3S/c1-8(10(11)14-17)15-2-4-16(5-3-15)20(18,19)9-6-12-7-13-9/h6-8,17H,2-5H2,1H3,(H2,11,14)(H,12,13). The summed E-state index contributed by atoms with van der Waals surface area (Å²) in [5, 5.41) is 11.7. The van der Waals surface area contributed by atoms with Crippen molar-refractivity contribution in [2.24, 2.45) is 10.9 Å². The molecule has 1 fully saturated rings. The quantitative estimate of drug-likeness (QED) is 0.279. The monoisotopic (exact) mass is 302 g/mol. The van der Waals surface area contributed by atoms with E-state index < -0.39 is 10.0 Å². The highest BCUT2D eigenvalue weighted by Gasteiger charge is 2.31. The van der Waals surface area contributed by atoms with Gasteiger partial charge in [-0.3, -0.25) is 4.90 Å². The summed E-state index contributed by atoms with van der Waals surface area (Å²) in [6, 6.07) is -0.225. The molecule has 1 aromatic rings. The number of hydrogen-bond acceptors (Lipinski definition) is 6. The van der Waals surface area contributed by atoms with Crippen LogP contribution in [0.1, 0.15) is 6.92 Å². The van der Waals surface area contributed by atoms with E-state index in [1.807, 2.05) is 11.8 Å². The maximum Gasteiger partial charge on any atom is 0.260 e. The molecule has 0 amide bonds. The summed E-state index contributed by atoms with van der Waals surface area (Å²) in [4.78, 5) is 8.30. The molecule has 0 aliphatic carbocycles. The van der Waals surface area contributed by atoms with Crippen molar-refractivity contribution in [1.82, 2.24) is 19.2 Å². The van der Waals surface area contributed by atoms with Crippen molar-refractivity contribution in [1.29, 1.82) is 0 Å². The Kier molecular flexibility index (Phi) is 4.26. The van der Waals surface area contributed by atoms with Crippen LogP contribution in [0.2, 0.25) is 0 Å². The minimum atomic E-state index is -3.52. The van der Waals surface area contributed by atoms with Gasteiger partial charge in [0.05, 0.1) is 18.6 Å². The number of H-pyrrole nitrogens is 1. The molecule has 10 heteroatoms. The number of piperazine rings is 1. The molecule has 4 N–H and O–H groups in total. The van der Waals surface area contributed by atoms with E-state index in [1.165, 1.54) is 16.8 Å². The molecule has 0 aromatic carbocycles. The fourth-order valence-corrected chi connectivity index (χ4v) is 3.44. The van der Waals surface area contributed by atoms with Gasteiger partial charge in [-0.05, 0) is 6.92 Å². The number of oxime groups is 1. The Morgan fingerprint density at radius 3 is 2.65 bits per heavy atom. The van der Waals surface area contributed by atoms with Gasteiger partial charge in [0, 0.05) is 26.2 Å². The molecule has 1 aliphatic rings. The second-order valence-corrected chi connectivity index (χ2v) is 6.46. The molecule has 2 heterocycles. The second kappa shape index (κ2) is 5.77. The average Bonchev–Trinajstić information content (AvgIpc) is 3.00. The summed E-state index contributed by atoms with van der Waals surface area (Å²) in [5.74, 6) is 0.120. The van der Waals surface area contributed by atoms with Gasteiger partial charge >= 0.3 is 0 Å². The summed E-state index contributed by atoms with van der Waals surface area (Å²) >= 11 is 0. The fraction of sp³-hybridized carbons (Fsp3) is 0.600. The van der Waals surface area contributed by atoms with Gasteiger partial charge in [0.15, 0.2) is 10.9 Å². The zero-order valence-corrected chi connectivity index (χ0v) is 11.9. The van der Waals surface area contributed by atoms with Gasteiger partial charge in [-0.15, -0.1) is 0 Å². The van der Waals surface area contributed by atoms with Gasteiger partial charge in [0.1, 0.15) is 0 Å². The number of aromatic nitrogens is 2. The summed E-state index contributed by atoms with van der Waals surface area (Å²) < 4.78 is 25.9. The molecule has 9 nitrogen and oxygen atoms in total. The number of nitrogens with zero attached hydrogens (tertiary/aromatic N) is 4. The Hall–Kier alpha value is -1.65. The van der Waals surface area contributed by atoms with Crippen LogP contribution in [0, 0.1) is 0 Å². The maximum absolute atomic E-state index is 12.3. The predicted octanol–water partition coefficient (Wildman–Crippen LogP) is -1.15. The van der Waals surface area contributed by atoms with Crippen molar-refractivity contribution >= 4 is 15.9 Å². The summed E-state index contributed by atoms with van der Waals surface area (Å²) in [5.41, 5.74) is 5.56. The lowest BCUT2D eigenvalue weighted by Crippen LogP contribution is -2.54. The molecular formula is C10H18N6O3S. The molecule has 1 aliphatic heterocycles. The maximum atomic E-state index is 12.3. The van der Waals surface area contributed by atoms with E-state index in [0.717, 1.165) is 0 Å². The van der Waals surface area contributed by atoms with E-state index in [4.69, 9.17) is 10.9 Å². The lowest BCUT2D eigenvalue weighted by Gasteiger charge is -2.36. The molecule has 0 bridgehead atoms. The van der Waals surface area contributed by atoms with Gasteiger partial charge in [-0.25, -0.2) is 13.4 Å². The molecule has 2 rings (SSSR count). The highest BCUT2D eigenvalue weighted by atomic mass is 32.2. The third kappa shape index (κ3) is 2.76. The van der Waals surface area contributed by atoms with Gasteiger partial charge in [0.2, 0.25) is 0 Å². The molecule has 1 unspecified atom stereocenters. The average molecular weight is 302 g/mol. The smallest absolute Gasteiger partial charge is 0.260 e. The molecule has 1 aromatic heterocycles. The van der Waals surface area contributed by atoms with Gasteiger partial charge in [0.25, 0.3) is 10.0 Å². The van der Waals surface area contributed by atoms with Crippen LogP contribution in [0.3, 0.4) is 0 Å². The van der Waals surface area contributed by atoms with Crippen LogP contribution < -0.4 is 5.73 Å². The lowest BCUT2D eigenvalue weighted by molar-refractivity contribution is 0.171. The van der Waals surface area contributed by atoms with Crippen molar-refractivity contribution < 1.29 is 13.6 Å².